The number of hydrogen-bond acceptors (Lipinski definition) is 4. The van der Waals surface area contributed by atoms with Gasteiger partial charge in [0.25, 0.3) is 5.91 Å². The molecule has 3 aromatic rings. The Morgan fingerprint density at radius 2 is 1.37 bits per heavy atom. The van der Waals surface area contributed by atoms with Crippen molar-refractivity contribution in [3.8, 4) is 0 Å². The maximum absolute atomic E-state index is 12.4. The molecule has 3 aromatic carbocycles. The lowest BCUT2D eigenvalue weighted by atomic mass is 10.1. The van der Waals surface area contributed by atoms with Crippen LogP contribution in [0, 0.1) is 0 Å². The van der Waals surface area contributed by atoms with Gasteiger partial charge in [0.2, 0.25) is 0 Å². The molecule has 0 saturated carbocycles. The van der Waals surface area contributed by atoms with Crippen LogP contribution >= 0.6 is 11.8 Å². The second-order valence-corrected chi connectivity index (χ2v) is 6.95. The van der Waals surface area contributed by atoms with Crippen molar-refractivity contribution in [2.75, 3.05) is 5.32 Å². The number of rotatable bonds is 7. The van der Waals surface area contributed by atoms with Crippen LogP contribution in [-0.2, 0) is 11.5 Å². The molecule has 27 heavy (non-hydrogen) atoms. The molecule has 0 aliphatic rings. The first-order valence-corrected chi connectivity index (χ1v) is 9.61. The van der Waals surface area contributed by atoms with E-state index in [1.807, 2.05) is 42.1 Å². The highest BCUT2D eigenvalue weighted by atomic mass is 32.2. The van der Waals surface area contributed by atoms with E-state index in [1.54, 1.807) is 24.3 Å². The third kappa shape index (κ3) is 5.21. The van der Waals surface area contributed by atoms with E-state index in [2.05, 4.69) is 17.4 Å². The third-order valence-corrected chi connectivity index (χ3v) is 5.07. The highest BCUT2D eigenvalue weighted by molar-refractivity contribution is 7.97. The quantitative estimate of drug-likeness (QED) is 0.682. The van der Waals surface area contributed by atoms with E-state index >= 15 is 0 Å². The molecule has 0 aliphatic heterocycles. The van der Waals surface area contributed by atoms with Gasteiger partial charge in [-0.1, -0.05) is 60.7 Å². The van der Waals surface area contributed by atoms with E-state index < -0.39 is 5.97 Å². The number of thioether (sulfide) groups is 1. The van der Waals surface area contributed by atoms with Crippen molar-refractivity contribution in [2.24, 2.45) is 0 Å². The monoisotopic (exact) mass is 376 g/mol. The first-order chi connectivity index (χ1) is 13.1. The molecule has 136 valence electrons. The van der Waals surface area contributed by atoms with Gasteiger partial charge in [0.05, 0.1) is 11.7 Å². The summed E-state index contributed by atoms with van der Waals surface area (Å²) in [6.45, 7) is 0. The van der Waals surface area contributed by atoms with Gasteiger partial charge < -0.3 is 15.2 Å². The summed E-state index contributed by atoms with van der Waals surface area (Å²) in [5.41, 5.74) is 3.07. The van der Waals surface area contributed by atoms with Gasteiger partial charge in [-0.05, 0) is 29.3 Å². The summed E-state index contributed by atoms with van der Waals surface area (Å²) in [4.78, 5) is 23.5. The molecular formula is C22H18NO3S-. The Kier molecular flexibility index (Phi) is 6.28. The van der Waals surface area contributed by atoms with Gasteiger partial charge in [0, 0.05) is 22.6 Å². The molecule has 3 rings (SSSR count). The number of nitrogens with one attached hydrogen (secondary N) is 1. The molecule has 4 nitrogen and oxygen atoms in total. The summed E-state index contributed by atoms with van der Waals surface area (Å²) in [6, 6.07) is 23.8. The normalized spacial score (nSPS) is 10.4. The number of carbonyl (C=O) groups excluding carboxylic acids is 2. The molecule has 0 bridgehead atoms. The van der Waals surface area contributed by atoms with Gasteiger partial charge in [-0.2, -0.15) is 11.8 Å². The molecular weight excluding hydrogens is 358 g/mol. The van der Waals surface area contributed by atoms with E-state index in [4.69, 9.17) is 0 Å². The second-order valence-electron chi connectivity index (χ2n) is 5.96. The first kappa shape index (κ1) is 18.7. The Morgan fingerprint density at radius 1 is 0.778 bits per heavy atom. The zero-order valence-corrected chi connectivity index (χ0v) is 15.4. The van der Waals surface area contributed by atoms with Crippen LogP contribution in [0.4, 0.5) is 5.69 Å². The van der Waals surface area contributed by atoms with Crippen molar-refractivity contribution >= 4 is 29.3 Å². The number of carboxylic acids is 1. The number of carbonyl (C=O) groups is 2. The minimum atomic E-state index is -1.32. The summed E-state index contributed by atoms with van der Waals surface area (Å²) in [5.74, 6) is 0.108. The Morgan fingerprint density at radius 3 is 2.04 bits per heavy atom. The van der Waals surface area contributed by atoms with Crippen LogP contribution in [0.25, 0.3) is 0 Å². The largest absolute Gasteiger partial charge is 0.545 e. The van der Waals surface area contributed by atoms with Crippen molar-refractivity contribution in [2.45, 2.75) is 11.5 Å². The van der Waals surface area contributed by atoms with Crippen molar-refractivity contribution < 1.29 is 14.7 Å². The van der Waals surface area contributed by atoms with Gasteiger partial charge in [-0.25, -0.2) is 0 Å². The fraction of sp³-hybridized carbons (Fsp3) is 0.0909. The fourth-order valence-electron chi connectivity index (χ4n) is 2.58. The maximum atomic E-state index is 12.4. The van der Waals surface area contributed by atoms with Crippen LogP contribution in [0.5, 0.6) is 0 Å². The topological polar surface area (TPSA) is 69.2 Å². The molecule has 0 aliphatic carbocycles. The summed E-state index contributed by atoms with van der Waals surface area (Å²) >= 11 is 1.81. The molecule has 0 radical (unpaired) electrons. The minimum absolute atomic E-state index is 0.0419. The molecule has 1 N–H and O–H groups in total. The molecule has 0 aromatic heterocycles. The van der Waals surface area contributed by atoms with Crippen LogP contribution in [0.1, 0.15) is 31.8 Å². The predicted octanol–water partition coefficient (Wildman–Crippen LogP) is 3.74. The SMILES string of the molecule is O=C(Nc1ccccc1C(=O)[O-])c1ccc(CSCc2ccccc2)cc1. The van der Waals surface area contributed by atoms with Crippen molar-refractivity contribution in [3.63, 3.8) is 0 Å². The number of aromatic carboxylic acids is 1. The summed E-state index contributed by atoms with van der Waals surface area (Å²) in [7, 11) is 0. The van der Waals surface area contributed by atoms with Crippen LogP contribution < -0.4 is 10.4 Å². The van der Waals surface area contributed by atoms with Gasteiger partial charge >= 0.3 is 0 Å². The van der Waals surface area contributed by atoms with Crippen LogP contribution in [-0.4, -0.2) is 11.9 Å². The van der Waals surface area contributed by atoms with Gasteiger partial charge in [-0.3, -0.25) is 4.79 Å². The van der Waals surface area contributed by atoms with Gasteiger partial charge in [0.1, 0.15) is 0 Å². The van der Waals surface area contributed by atoms with Crippen LogP contribution in [0.3, 0.4) is 0 Å². The van der Waals surface area contributed by atoms with Crippen molar-refractivity contribution in [3.05, 3.63) is 101 Å². The number of anilines is 1. The smallest absolute Gasteiger partial charge is 0.255 e. The lowest BCUT2D eigenvalue weighted by Gasteiger charge is -2.11. The highest BCUT2D eigenvalue weighted by Crippen LogP contribution is 2.19. The average molecular weight is 376 g/mol. The first-order valence-electron chi connectivity index (χ1n) is 8.46. The lowest BCUT2D eigenvalue weighted by molar-refractivity contribution is -0.254. The van der Waals surface area contributed by atoms with E-state index in [1.165, 1.54) is 17.7 Å². The van der Waals surface area contributed by atoms with Crippen LogP contribution in [0.2, 0.25) is 0 Å². The number of carboxylic acid groups (broad SMARTS) is 1. The molecule has 1 amide bonds. The third-order valence-electron chi connectivity index (χ3n) is 3.99. The zero-order valence-electron chi connectivity index (χ0n) is 14.6. The summed E-state index contributed by atoms with van der Waals surface area (Å²) < 4.78 is 0. The molecule has 0 fully saturated rings. The number of hydrogen-bond donors (Lipinski definition) is 1. The standard InChI is InChI=1S/C22H19NO3S/c24-21(23-20-9-5-4-8-19(20)22(25)26)18-12-10-17(11-13-18)15-27-14-16-6-2-1-3-7-16/h1-13H,14-15H2,(H,23,24)(H,25,26)/p-1. The van der Waals surface area contributed by atoms with E-state index in [0.717, 1.165) is 17.1 Å². The molecule has 0 spiro atoms. The second kappa shape index (κ2) is 9.05. The highest BCUT2D eigenvalue weighted by Gasteiger charge is 2.09. The number of amides is 1. The lowest BCUT2D eigenvalue weighted by Crippen LogP contribution is -2.24. The van der Waals surface area contributed by atoms with E-state index in [-0.39, 0.29) is 17.2 Å². The Hall–Kier alpha value is -3.05. The molecule has 0 atom stereocenters. The molecule has 0 unspecified atom stereocenters. The minimum Gasteiger partial charge on any atom is -0.545 e. The molecule has 0 heterocycles. The van der Waals surface area contributed by atoms with Crippen LogP contribution in [0.15, 0.2) is 78.9 Å². The number of para-hydroxylation sites is 1. The van der Waals surface area contributed by atoms with Crippen molar-refractivity contribution in [1.29, 1.82) is 0 Å². The van der Waals surface area contributed by atoms with Gasteiger partial charge in [0.15, 0.2) is 0 Å². The van der Waals surface area contributed by atoms with Gasteiger partial charge in [-0.15, -0.1) is 0 Å². The fourth-order valence-corrected chi connectivity index (χ4v) is 3.54. The van der Waals surface area contributed by atoms with Crippen molar-refractivity contribution in [1.82, 2.24) is 0 Å². The summed E-state index contributed by atoms with van der Waals surface area (Å²) in [6.07, 6.45) is 0. The van der Waals surface area contributed by atoms with E-state index in [9.17, 15) is 14.7 Å². The Balaban J connectivity index is 1.58. The zero-order chi connectivity index (χ0) is 19.1. The van der Waals surface area contributed by atoms with E-state index in [0.29, 0.717) is 5.56 Å². The predicted molar refractivity (Wildman–Crippen MR) is 107 cm³/mol. The molecule has 5 heteroatoms. The Bertz CT molecular complexity index is 924. The number of benzene rings is 3. The Labute approximate surface area is 162 Å². The summed E-state index contributed by atoms with van der Waals surface area (Å²) in [5, 5.41) is 13.7. The molecule has 0 saturated heterocycles. The maximum Gasteiger partial charge on any atom is 0.255 e. The average Bonchev–Trinajstić information content (AvgIpc) is 2.69.